The van der Waals surface area contributed by atoms with E-state index in [2.05, 4.69) is 56.6 Å². The molecule has 1 saturated heterocycles. The summed E-state index contributed by atoms with van der Waals surface area (Å²) in [5, 5.41) is 22.4. The number of tetrazole rings is 1. The SMILES string of the molecule is CN1CCN([C@@H](c2ccc(O)cc2)c2nnnn2CCc2ccccc2)CC1. The first-order chi connectivity index (χ1) is 13.7. The Kier molecular flexibility index (Phi) is 5.64. The first-order valence-electron chi connectivity index (χ1n) is 9.72. The molecule has 146 valence electrons. The quantitative estimate of drug-likeness (QED) is 0.707. The lowest BCUT2D eigenvalue weighted by atomic mass is 10.0. The van der Waals surface area contributed by atoms with Crippen LogP contribution in [0, 0.1) is 0 Å². The smallest absolute Gasteiger partial charge is 0.173 e. The van der Waals surface area contributed by atoms with Crippen LogP contribution < -0.4 is 0 Å². The fourth-order valence-electron chi connectivity index (χ4n) is 3.71. The lowest BCUT2D eigenvalue weighted by molar-refractivity contribution is 0.121. The van der Waals surface area contributed by atoms with Crippen LogP contribution in [0.2, 0.25) is 0 Å². The van der Waals surface area contributed by atoms with E-state index in [0.29, 0.717) is 0 Å². The third-order valence-corrected chi connectivity index (χ3v) is 5.37. The molecular weight excluding hydrogens is 352 g/mol. The Labute approximate surface area is 165 Å². The molecule has 1 N–H and O–H groups in total. The molecule has 0 amide bonds. The summed E-state index contributed by atoms with van der Waals surface area (Å²) in [6, 6.07) is 17.8. The van der Waals surface area contributed by atoms with E-state index in [4.69, 9.17) is 0 Å². The molecule has 4 rings (SSSR count). The van der Waals surface area contributed by atoms with Crippen molar-refractivity contribution in [1.82, 2.24) is 30.0 Å². The number of benzene rings is 2. The Morgan fingerprint density at radius 3 is 2.39 bits per heavy atom. The topological polar surface area (TPSA) is 70.3 Å². The molecule has 0 radical (unpaired) electrons. The van der Waals surface area contributed by atoms with Crippen molar-refractivity contribution in [3.05, 3.63) is 71.5 Å². The zero-order valence-corrected chi connectivity index (χ0v) is 16.1. The fraction of sp³-hybridized carbons (Fsp3) is 0.381. The number of hydrogen-bond donors (Lipinski definition) is 1. The first kappa shape index (κ1) is 18.6. The minimum Gasteiger partial charge on any atom is -0.508 e. The Balaban J connectivity index is 1.61. The van der Waals surface area contributed by atoms with Gasteiger partial charge in [0.05, 0.1) is 6.04 Å². The lowest BCUT2D eigenvalue weighted by Gasteiger charge is -2.37. The molecule has 0 bridgehead atoms. The van der Waals surface area contributed by atoms with Crippen LogP contribution in [-0.4, -0.2) is 68.3 Å². The van der Waals surface area contributed by atoms with Crippen LogP contribution in [0.1, 0.15) is 23.0 Å². The minimum absolute atomic E-state index is 0.0277. The van der Waals surface area contributed by atoms with E-state index < -0.39 is 0 Å². The molecule has 1 aliphatic rings. The molecule has 2 aromatic carbocycles. The van der Waals surface area contributed by atoms with Crippen molar-refractivity contribution in [3.8, 4) is 5.75 Å². The lowest BCUT2D eigenvalue weighted by Crippen LogP contribution is -2.46. The van der Waals surface area contributed by atoms with Crippen molar-refractivity contribution < 1.29 is 5.11 Å². The Bertz CT molecular complexity index is 871. The number of phenolic OH excluding ortho intramolecular Hbond substituents is 1. The van der Waals surface area contributed by atoms with Gasteiger partial charge in [0, 0.05) is 32.7 Å². The van der Waals surface area contributed by atoms with Crippen LogP contribution in [0.3, 0.4) is 0 Å². The van der Waals surface area contributed by atoms with Crippen molar-refractivity contribution in [2.45, 2.75) is 19.0 Å². The second-order valence-corrected chi connectivity index (χ2v) is 7.33. The number of likely N-dealkylation sites (N-methyl/N-ethyl adjacent to an activating group) is 1. The molecule has 0 aliphatic carbocycles. The molecule has 3 aromatic rings. The molecule has 28 heavy (non-hydrogen) atoms. The summed E-state index contributed by atoms with van der Waals surface area (Å²) in [7, 11) is 2.15. The van der Waals surface area contributed by atoms with E-state index in [9.17, 15) is 5.11 Å². The van der Waals surface area contributed by atoms with Crippen LogP contribution in [0.4, 0.5) is 0 Å². The first-order valence-corrected chi connectivity index (χ1v) is 9.72. The monoisotopic (exact) mass is 378 g/mol. The molecule has 1 fully saturated rings. The van der Waals surface area contributed by atoms with E-state index in [1.807, 2.05) is 22.9 Å². The average molecular weight is 378 g/mol. The van der Waals surface area contributed by atoms with E-state index in [1.54, 1.807) is 12.1 Å². The highest BCUT2D eigenvalue weighted by molar-refractivity contribution is 5.31. The van der Waals surface area contributed by atoms with Crippen LogP contribution in [0.5, 0.6) is 5.75 Å². The van der Waals surface area contributed by atoms with Gasteiger partial charge in [-0.3, -0.25) is 4.90 Å². The number of phenols is 1. The number of hydrogen-bond acceptors (Lipinski definition) is 6. The molecule has 7 heteroatoms. The molecule has 7 nitrogen and oxygen atoms in total. The van der Waals surface area contributed by atoms with Gasteiger partial charge in [0.25, 0.3) is 0 Å². The highest BCUT2D eigenvalue weighted by atomic mass is 16.3. The fourth-order valence-corrected chi connectivity index (χ4v) is 3.71. The van der Waals surface area contributed by atoms with E-state index in [-0.39, 0.29) is 11.8 Å². The average Bonchev–Trinajstić information content (AvgIpc) is 3.18. The molecule has 1 aromatic heterocycles. The number of aromatic nitrogens is 4. The van der Waals surface area contributed by atoms with Crippen molar-refractivity contribution in [3.63, 3.8) is 0 Å². The number of aryl methyl sites for hydroxylation is 2. The summed E-state index contributed by atoms with van der Waals surface area (Å²) in [5.41, 5.74) is 2.36. The summed E-state index contributed by atoms with van der Waals surface area (Å²) >= 11 is 0. The number of nitrogens with zero attached hydrogens (tertiary/aromatic N) is 6. The summed E-state index contributed by atoms with van der Waals surface area (Å²) in [6.07, 6.45) is 0.879. The molecular formula is C21H26N6O. The van der Waals surface area contributed by atoms with Gasteiger partial charge < -0.3 is 10.0 Å². The summed E-state index contributed by atoms with van der Waals surface area (Å²) in [6.45, 7) is 4.66. The van der Waals surface area contributed by atoms with Gasteiger partial charge in [0.1, 0.15) is 5.75 Å². The Morgan fingerprint density at radius 1 is 0.964 bits per heavy atom. The van der Waals surface area contributed by atoms with Crippen molar-refractivity contribution >= 4 is 0 Å². The van der Waals surface area contributed by atoms with Gasteiger partial charge in [-0.2, -0.15) is 0 Å². The highest BCUT2D eigenvalue weighted by Gasteiger charge is 2.29. The zero-order valence-electron chi connectivity index (χ0n) is 16.1. The van der Waals surface area contributed by atoms with E-state index in [0.717, 1.165) is 50.5 Å². The van der Waals surface area contributed by atoms with Crippen molar-refractivity contribution in [2.24, 2.45) is 0 Å². The molecule has 0 unspecified atom stereocenters. The summed E-state index contributed by atoms with van der Waals surface area (Å²) < 4.78 is 1.92. The van der Waals surface area contributed by atoms with E-state index in [1.165, 1.54) is 5.56 Å². The predicted molar refractivity (Wildman–Crippen MR) is 107 cm³/mol. The maximum absolute atomic E-state index is 9.71. The van der Waals surface area contributed by atoms with Gasteiger partial charge in [0.2, 0.25) is 0 Å². The standard InChI is InChI=1S/C21H26N6O/c1-25-13-15-26(16-14-25)20(18-7-9-19(28)10-8-18)21-22-23-24-27(21)12-11-17-5-3-2-4-6-17/h2-10,20,28H,11-16H2,1H3/t20-/m0/s1. The van der Waals surface area contributed by atoms with Crippen molar-refractivity contribution in [2.75, 3.05) is 33.2 Å². The third kappa shape index (κ3) is 4.21. The summed E-state index contributed by atoms with van der Waals surface area (Å²) in [5.74, 6) is 1.12. The number of rotatable bonds is 6. The Morgan fingerprint density at radius 2 is 1.68 bits per heavy atom. The van der Waals surface area contributed by atoms with Crippen LogP contribution in [-0.2, 0) is 13.0 Å². The molecule has 1 aliphatic heterocycles. The largest absolute Gasteiger partial charge is 0.508 e. The van der Waals surface area contributed by atoms with Gasteiger partial charge in [0.15, 0.2) is 5.82 Å². The Hall–Kier alpha value is -2.77. The van der Waals surface area contributed by atoms with Crippen LogP contribution >= 0.6 is 0 Å². The van der Waals surface area contributed by atoms with Gasteiger partial charge in [-0.05, 0) is 47.2 Å². The highest BCUT2D eigenvalue weighted by Crippen LogP contribution is 2.29. The summed E-state index contributed by atoms with van der Waals surface area (Å²) in [4.78, 5) is 4.76. The maximum Gasteiger partial charge on any atom is 0.173 e. The van der Waals surface area contributed by atoms with Gasteiger partial charge in [-0.1, -0.05) is 42.5 Å². The molecule has 0 spiro atoms. The van der Waals surface area contributed by atoms with E-state index >= 15 is 0 Å². The molecule has 0 saturated carbocycles. The third-order valence-electron chi connectivity index (χ3n) is 5.37. The normalized spacial score (nSPS) is 16.9. The van der Waals surface area contributed by atoms with Gasteiger partial charge in [-0.25, -0.2) is 4.68 Å². The molecule has 1 atom stereocenters. The van der Waals surface area contributed by atoms with Crippen LogP contribution in [0.25, 0.3) is 0 Å². The number of aromatic hydroxyl groups is 1. The predicted octanol–water partition coefficient (Wildman–Crippen LogP) is 1.96. The molecule has 2 heterocycles. The van der Waals surface area contributed by atoms with Crippen LogP contribution in [0.15, 0.2) is 54.6 Å². The van der Waals surface area contributed by atoms with Crippen molar-refractivity contribution in [1.29, 1.82) is 0 Å². The second-order valence-electron chi connectivity index (χ2n) is 7.33. The van der Waals surface area contributed by atoms with Gasteiger partial charge >= 0.3 is 0 Å². The second kappa shape index (κ2) is 8.50. The van der Waals surface area contributed by atoms with Gasteiger partial charge in [-0.15, -0.1) is 5.10 Å². The minimum atomic E-state index is -0.0277. The number of piperazine rings is 1. The zero-order chi connectivity index (χ0) is 19.3. The maximum atomic E-state index is 9.71.